The molecule has 0 fully saturated rings. The molecule has 13 heavy (non-hydrogen) atoms. The van der Waals surface area contributed by atoms with Gasteiger partial charge >= 0.3 is 0 Å². The van der Waals surface area contributed by atoms with E-state index in [-0.39, 0.29) is 0 Å². The van der Waals surface area contributed by atoms with E-state index in [0.717, 1.165) is 21.9 Å². The van der Waals surface area contributed by atoms with Crippen LogP contribution in [-0.2, 0) is 6.54 Å². The van der Waals surface area contributed by atoms with E-state index in [1.165, 1.54) is 0 Å². The highest BCUT2D eigenvalue weighted by Crippen LogP contribution is 2.28. The fourth-order valence-corrected chi connectivity index (χ4v) is 2.20. The SMILES string of the molecule is CCn1nc(Cl)c2cccc(Br)c21. The van der Waals surface area contributed by atoms with E-state index < -0.39 is 0 Å². The van der Waals surface area contributed by atoms with Crippen molar-refractivity contribution >= 4 is 38.4 Å². The molecule has 0 aliphatic heterocycles. The van der Waals surface area contributed by atoms with E-state index in [0.29, 0.717) is 5.15 Å². The normalized spacial score (nSPS) is 11.0. The molecule has 0 aliphatic rings. The van der Waals surface area contributed by atoms with Gasteiger partial charge in [0.05, 0.1) is 5.52 Å². The Morgan fingerprint density at radius 2 is 2.31 bits per heavy atom. The molecule has 2 rings (SSSR count). The van der Waals surface area contributed by atoms with Gasteiger partial charge in [0.2, 0.25) is 0 Å². The van der Waals surface area contributed by atoms with E-state index in [1.807, 2.05) is 29.8 Å². The van der Waals surface area contributed by atoms with E-state index in [2.05, 4.69) is 21.0 Å². The highest BCUT2D eigenvalue weighted by molar-refractivity contribution is 9.10. The van der Waals surface area contributed by atoms with Gasteiger partial charge in [0.15, 0.2) is 5.15 Å². The molecule has 0 aliphatic carbocycles. The molecule has 4 heteroatoms. The Morgan fingerprint density at radius 1 is 1.54 bits per heavy atom. The van der Waals surface area contributed by atoms with Crippen molar-refractivity contribution in [3.63, 3.8) is 0 Å². The van der Waals surface area contributed by atoms with Crippen LogP contribution in [0.2, 0.25) is 5.15 Å². The van der Waals surface area contributed by atoms with Crippen molar-refractivity contribution < 1.29 is 0 Å². The number of aromatic nitrogens is 2. The molecule has 0 radical (unpaired) electrons. The smallest absolute Gasteiger partial charge is 0.158 e. The van der Waals surface area contributed by atoms with E-state index in [4.69, 9.17) is 11.6 Å². The van der Waals surface area contributed by atoms with Crippen molar-refractivity contribution in [2.45, 2.75) is 13.5 Å². The molecular formula is C9H8BrClN2. The van der Waals surface area contributed by atoms with E-state index >= 15 is 0 Å². The van der Waals surface area contributed by atoms with Crippen molar-refractivity contribution in [2.75, 3.05) is 0 Å². The van der Waals surface area contributed by atoms with Crippen LogP contribution in [-0.4, -0.2) is 9.78 Å². The largest absolute Gasteiger partial charge is 0.262 e. The first-order chi connectivity index (χ1) is 6.24. The predicted molar refractivity (Wildman–Crippen MR) is 58.1 cm³/mol. The number of halogens is 2. The Morgan fingerprint density at radius 3 is 3.00 bits per heavy atom. The minimum Gasteiger partial charge on any atom is -0.262 e. The summed E-state index contributed by atoms with van der Waals surface area (Å²) < 4.78 is 2.92. The van der Waals surface area contributed by atoms with Crippen LogP contribution in [0.5, 0.6) is 0 Å². The van der Waals surface area contributed by atoms with Crippen molar-refractivity contribution in [2.24, 2.45) is 0 Å². The maximum atomic E-state index is 5.98. The maximum Gasteiger partial charge on any atom is 0.158 e. The van der Waals surface area contributed by atoms with Crippen LogP contribution in [0.4, 0.5) is 0 Å². The van der Waals surface area contributed by atoms with Crippen molar-refractivity contribution in [3.8, 4) is 0 Å². The van der Waals surface area contributed by atoms with Gasteiger partial charge in [0.25, 0.3) is 0 Å². The minimum absolute atomic E-state index is 0.568. The average Bonchev–Trinajstić information content (AvgIpc) is 2.45. The standard InChI is InChI=1S/C9H8BrClN2/c1-2-13-8-6(9(11)12-13)4-3-5-7(8)10/h3-5H,2H2,1H3. The van der Waals surface area contributed by atoms with Crippen LogP contribution >= 0.6 is 27.5 Å². The van der Waals surface area contributed by atoms with Gasteiger partial charge in [0, 0.05) is 16.4 Å². The number of benzene rings is 1. The Hall–Kier alpha value is -0.540. The molecular weight excluding hydrogens is 251 g/mol. The summed E-state index contributed by atoms with van der Waals surface area (Å²) in [5.41, 5.74) is 1.06. The monoisotopic (exact) mass is 258 g/mol. The second-order valence-corrected chi connectivity index (χ2v) is 3.95. The molecule has 0 unspecified atom stereocenters. The van der Waals surface area contributed by atoms with E-state index in [1.54, 1.807) is 0 Å². The molecule has 0 atom stereocenters. The summed E-state index contributed by atoms with van der Waals surface area (Å²) in [5.74, 6) is 0. The fraction of sp³-hybridized carbons (Fsp3) is 0.222. The maximum absolute atomic E-state index is 5.98. The first-order valence-electron chi connectivity index (χ1n) is 4.04. The van der Waals surface area contributed by atoms with Crippen LogP contribution in [0.15, 0.2) is 22.7 Å². The van der Waals surface area contributed by atoms with Gasteiger partial charge in [-0.25, -0.2) is 0 Å². The molecule has 1 heterocycles. The number of fused-ring (bicyclic) bond motifs is 1. The van der Waals surface area contributed by atoms with Gasteiger partial charge in [-0.3, -0.25) is 4.68 Å². The molecule has 2 aromatic rings. The summed E-state index contributed by atoms with van der Waals surface area (Å²) in [6, 6.07) is 5.92. The first kappa shape index (κ1) is 9.03. The van der Waals surface area contributed by atoms with Gasteiger partial charge in [-0.2, -0.15) is 5.10 Å². The van der Waals surface area contributed by atoms with Crippen LogP contribution in [0.1, 0.15) is 6.92 Å². The predicted octanol–water partition coefficient (Wildman–Crippen LogP) is 3.47. The van der Waals surface area contributed by atoms with Crippen molar-refractivity contribution in [1.29, 1.82) is 0 Å². The number of aryl methyl sites for hydroxylation is 1. The zero-order valence-electron chi connectivity index (χ0n) is 7.09. The third-order valence-electron chi connectivity index (χ3n) is 1.98. The summed E-state index contributed by atoms with van der Waals surface area (Å²) in [7, 11) is 0. The lowest BCUT2D eigenvalue weighted by atomic mass is 10.2. The second-order valence-electron chi connectivity index (χ2n) is 2.74. The number of rotatable bonds is 1. The summed E-state index contributed by atoms with van der Waals surface area (Å²) >= 11 is 9.46. The molecule has 0 bridgehead atoms. The van der Waals surface area contributed by atoms with Gasteiger partial charge in [-0.05, 0) is 35.0 Å². The summed E-state index contributed by atoms with van der Waals surface area (Å²) in [6.45, 7) is 2.87. The van der Waals surface area contributed by atoms with Gasteiger partial charge < -0.3 is 0 Å². The first-order valence-corrected chi connectivity index (χ1v) is 5.21. The number of nitrogens with zero attached hydrogens (tertiary/aromatic N) is 2. The molecule has 2 nitrogen and oxygen atoms in total. The van der Waals surface area contributed by atoms with Crippen molar-refractivity contribution in [1.82, 2.24) is 9.78 Å². The Kier molecular flexibility index (Phi) is 2.30. The molecule has 68 valence electrons. The Bertz CT molecular complexity index is 450. The van der Waals surface area contributed by atoms with Crippen LogP contribution in [0, 0.1) is 0 Å². The lowest BCUT2D eigenvalue weighted by Gasteiger charge is -1.99. The molecule has 1 aromatic carbocycles. The van der Waals surface area contributed by atoms with Crippen molar-refractivity contribution in [3.05, 3.63) is 27.8 Å². The van der Waals surface area contributed by atoms with Gasteiger partial charge in [-0.15, -0.1) is 0 Å². The molecule has 0 saturated heterocycles. The third kappa shape index (κ3) is 1.36. The zero-order valence-corrected chi connectivity index (χ0v) is 9.43. The molecule has 0 amide bonds. The Labute approximate surface area is 89.6 Å². The van der Waals surface area contributed by atoms with Crippen LogP contribution < -0.4 is 0 Å². The lowest BCUT2D eigenvalue weighted by molar-refractivity contribution is 0.683. The molecule has 0 N–H and O–H groups in total. The quantitative estimate of drug-likeness (QED) is 0.767. The molecule has 1 aromatic heterocycles. The Balaban J connectivity index is 2.89. The highest BCUT2D eigenvalue weighted by atomic mass is 79.9. The van der Waals surface area contributed by atoms with Crippen LogP contribution in [0.3, 0.4) is 0 Å². The third-order valence-corrected chi connectivity index (χ3v) is 2.89. The summed E-state index contributed by atoms with van der Waals surface area (Å²) in [6.07, 6.45) is 0. The lowest BCUT2D eigenvalue weighted by Crippen LogP contribution is -1.95. The number of hydrogen-bond donors (Lipinski definition) is 0. The zero-order chi connectivity index (χ0) is 9.42. The summed E-state index contributed by atoms with van der Waals surface area (Å²) in [4.78, 5) is 0. The summed E-state index contributed by atoms with van der Waals surface area (Å²) in [5, 5.41) is 5.79. The average molecular weight is 260 g/mol. The van der Waals surface area contributed by atoms with Gasteiger partial charge in [-0.1, -0.05) is 17.7 Å². The van der Waals surface area contributed by atoms with Crippen LogP contribution in [0.25, 0.3) is 10.9 Å². The van der Waals surface area contributed by atoms with E-state index in [9.17, 15) is 0 Å². The topological polar surface area (TPSA) is 17.8 Å². The minimum atomic E-state index is 0.568. The highest BCUT2D eigenvalue weighted by Gasteiger charge is 2.09. The fourth-order valence-electron chi connectivity index (χ4n) is 1.38. The molecule has 0 spiro atoms. The molecule has 0 saturated carbocycles. The second kappa shape index (κ2) is 3.31. The van der Waals surface area contributed by atoms with Gasteiger partial charge in [0.1, 0.15) is 0 Å². The number of hydrogen-bond acceptors (Lipinski definition) is 1. The number of para-hydroxylation sites is 1.